The van der Waals surface area contributed by atoms with Gasteiger partial charge in [-0.3, -0.25) is 0 Å². The highest BCUT2D eigenvalue weighted by atomic mass is 32.1. The molecule has 1 aromatic heterocycles. The molecule has 1 aliphatic rings. The first-order valence-electron chi connectivity index (χ1n) is 7.61. The van der Waals surface area contributed by atoms with Crippen LogP contribution in [0.1, 0.15) is 69.2 Å². The van der Waals surface area contributed by atoms with Gasteiger partial charge in [0.1, 0.15) is 0 Å². The molecule has 0 radical (unpaired) electrons. The van der Waals surface area contributed by atoms with Crippen molar-refractivity contribution in [3.63, 3.8) is 0 Å². The number of hydrogen-bond acceptors (Lipinski definition) is 3. The Morgan fingerprint density at radius 1 is 1.37 bits per heavy atom. The van der Waals surface area contributed by atoms with Crippen molar-refractivity contribution < 1.29 is 0 Å². The standard InChI is InChI=1S/C16H28N2S/c1-12(2)9-17-10-14-11-18-15(19-14)13-5-7-16(3,4)8-6-13/h11-13,17H,5-10H2,1-4H3. The summed E-state index contributed by atoms with van der Waals surface area (Å²) in [5.74, 6) is 1.44. The molecule has 1 aliphatic carbocycles. The minimum Gasteiger partial charge on any atom is -0.312 e. The summed E-state index contributed by atoms with van der Waals surface area (Å²) in [7, 11) is 0. The third-order valence-corrected chi connectivity index (χ3v) is 5.27. The predicted octanol–water partition coefficient (Wildman–Crippen LogP) is 4.57. The normalized spacial score (nSPS) is 20.1. The average molecular weight is 280 g/mol. The van der Waals surface area contributed by atoms with E-state index in [4.69, 9.17) is 0 Å². The van der Waals surface area contributed by atoms with Crippen molar-refractivity contribution in [3.05, 3.63) is 16.1 Å². The summed E-state index contributed by atoms with van der Waals surface area (Å²) in [6.07, 6.45) is 7.40. The van der Waals surface area contributed by atoms with Gasteiger partial charge in [-0.1, -0.05) is 27.7 Å². The lowest BCUT2D eigenvalue weighted by atomic mass is 9.73. The van der Waals surface area contributed by atoms with E-state index in [0.717, 1.165) is 19.0 Å². The molecule has 19 heavy (non-hydrogen) atoms. The molecular formula is C16H28N2S. The van der Waals surface area contributed by atoms with Crippen LogP contribution >= 0.6 is 11.3 Å². The molecule has 0 bridgehead atoms. The predicted molar refractivity (Wildman–Crippen MR) is 83.6 cm³/mol. The zero-order valence-corrected chi connectivity index (χ0v) is 13.6. The molecule has 1 heterocycles. The van der Waals surface area contributed by atoms with Gasteiger partial charge in [-0.15, -0.1) is 11.3 Å². The van der Waals surface area contributed by atoms with Crippen molar-refractivity contribution in [2.45, 2.75) is 65.8 Å². The maximum absolute atomic E-state index is 4.66. The molecule has 0 spiro atoms. The molecule has 0 saturated heterocycles. The molecule has 2 rings (SSSR count). The van der Waals surface area contributed by atoms with Gasteiger partial charge < -0.3 is 5.32 Å². The lowest BCUT2D eigenvalue weighted by Crippen LogP contribution is -2.20. The van der Waals surface area contributed by atoms with E-state index in [0.29, 0.717) is 11.3 Å². The van der Waals surface area contributed by atoms with Gasteiger partial charge in [0.25, 0.3) is 0 Å². The fourth-order valence-electron chi connectivity index (χ4n) is 2.72. The van der Waals surface area contributed by atoms with E-state index in [1.165, 1.54) is 35.6 Å². The highest BCUT2D eigenvalue weighted by molar-refractivity contribution is 7.11. The van der Waals surface area contributed by atoms with Gasteiger partial charge in [0.2, 0.25) is 0 Å². The van der Waals surface area contributed by atoms with Crippen LogP contribution in [-0.2, 0) is 6.54 Å². The Hall–Kier alpha value is -0.410. The fraction of sp³-hybridized carbons (Fsp3) is 0.812. The Morgan fingerprint density at radius 3 is 2.68 bits per heavy atom. The second kappa shape index (κ2) is 6.36. The van der Waals surface area contributed by atoms with Gasteiger partial charge >= 0.3 is 0 Å². The van der Waals surface area contributed by atoms with Crippen LogP contribution in [0.25, 0.3) is 0 Å². The molecule has 1 aromatic rings. The van der Waals surface area contributed by atoms with Crippen LogP contribution < -0.4 is 5.32 Å². The summed E-state index contributed by atoms with van der Waals surface area (Å²) >= 11 is 1.92. The van der Waals surface area contributed by atoms with Crippen molar-refractivity contribution in [3.8, 4) is 0 Å². The highest BCUT2D eigenvalue weighted by Crippen LogP contribution is 2.43. The van der Waals surface area contributed by atoms with Crippen molar-refractivity contribution in [2.75, 3.05) is 6.54 Å². The van der Waals surface area contributed by atoms with Gasteiger partial charge in [0, 0.05) is 23.5 Å². The summed E-state index contributed by atoms with van der Waals surface area (Å²) in [6, 6.07) is 0. The van der Waals surface area contributed by atoms with Crippen molar-refractivity contribution in [2.24, 2.45) is 11.3 Å². The highest BCUT2D eigenvalue weighted by Gasteiger charge is 2.28. The molecule has 1 saturated carbocycles. The maximum atomic E-state index is 4.66. The number of hydrogen-bond donors (Lipinski definition) is 1. The topological polar surface area (TPSA) is 24.9 Å². The maximum Gasteiger partial charge on any atom is 0.0959 e. The number of rotatable bonds is 5. The second-order valence-electron chi connectivity index (χ2n) is 7.13. The molecular weight excluding hydrogens is 252 g/mol. The van der Waals surface area contributed by atoms with Crippen LogP contribution in [0, 0.1) is 11.3 Å². The Bertz CT molecular complexity index is 385. The average Bonchev–Trinajstić information content (AvgIpc) is 2.77. The largest absolute Gasteiger partial charge is 0.312 e. The number of thiazole rings is 1. The Morgan fingerprint density at radius 2 is 2.05 bits per heavy atom. The number of aromatic nitrogens is 1. The Labute approximate surface area is 122 Å². The minimum atomic E-state index is 0.551. The van der Waals surface area contributed by atoms with Gasteiger partial charge in [-0.2, -0.15) is 0 Å². The SMILES string of the molecule is CC(C)CNCc1cnc(C2CCC(C)(C)CC2)s1. The van der Waals surface area contributed by atoms with E-state index >= 15 is 0 Å². The summed E-state index contributed by atoms with van der Waals surface area (Å²) in [5, 5.41) is 4.87. The van der Waals surface area contributed by atoms with Gasteiger partial charge in [-0.05, 0) is 43.6 Å². The minimum absolute atomic E-state index is 0.551. The number of nitrogens with zero attached hydrogens (tertiary/aromatic N) is 1. The summed E-state index contributed by atoms with van der Waals surface area (Å²) in [4.78, 5) is 6.05. The second-order valence-corrected chi connectivity index (χ2v) is 8.27. The molecule has 0 amide bonds. The Balaban J connectivity index is 1.84. The molecule has 2 nitrogen and oxygen atoms in total. The lowest BCUT2D eigenvalue weighted by molar-refractivity contribution is 0.224. The van der Waals surface area contributed by atoms with Crippen molar-refractivity contribution >= 4 is 11.3 Å². The van der Waals surface area contributed by atoms with Crippen LogP contribution in [0.5, 0.6) is 0 Å². The van der Waals surface area contributed by atoms with Crippen LogP contribution in [0.3, 0.4) is 0 Å². The molecule has 0 aromatic carbocycles. The summed E-state index contributed by atoms with van der Waals surface area (Å²) in [5.41, 5.74) is 0.551. The van der Waals surface area contributed by atoms with E-state index in [-0.39, 0.29) is 0 Å². The van der Waals surface area contributed by atoms with Gasteiger partial charge in [0.05, 0.1) is 5.01 Å². The molecule has 108 valence electrons. The zero-order chi connectivity index (χ0) is 13.9. The molecule has 3 heteroatoms. The smallest absolute Gasteiger partial charge is 0.0959 e. The quantitative estimate of drug-likeness (QED) is 0.854. The summed E-state index contributed by atoms with van der Waals surface area (Å²) in [6.45, 7) is 11.3. The van der Waals surface area contributed by atoms with Gasteiger partial charge in [0.15, 0.2) is 0 Å². The molecule has 0 aliphatic heterocycles. The van der Waals surface area contributed by atoms with Crippen LogP contribution in [0.15, 0.2) is 6.20 Å². The van der Waals surface area contributed by atoms with E-state index in [2.05, 4.69) is 44.2 Å². The lowest BCUT2D eigenvalue weighted by Gasteiger charge is -2.33. The summed E-state index contributed by atoms with van der Waals surface area (Å²) < 4.78 is 0. The van der Waals surface area contributed by atoms with E-state index < -0.39 is 0 Å². The van der Waals surface area contributed by atoms with E-state index in [1.54, 1.807) is 0 Å². The van der Waals surface area contributed by atoms with Crippen molar-refractivity contribution in [1.82, 2.24) is 10.3 Å². The van der Waals surface area contributed by atoms with Crippen LogP contribution in [0.2, 0.25) is 0 Å². The number of nitrogens with one attached hydrogen (secondary N) is 1. The van der Waals surface area contributed by atoms with Gasteiger partial charge in [-0.25, -0.2) is 4.98 Å². The molecule has 0 unspecified atom stereocenters. The molecule has 1 N–H and O–H groups in total. The van der Waals surface area contributed by atoms with E-state index in [1.807, 2.05) is 11.3 Å². The monoisotopic (exact) mass is 280 g/mol. The Kier molecular flexibility index (Phi) is 5.02. The first-order valence-corrected chi connectivity index (χ1v) is 8.43. The molecule has 1 fully saturated rings. The zero-order valence-electron chi connectivity index (χ0n) is 12.8. The first-order chi connectivity index (χ1) is 8.96. The third-order valence-electron chi connectivity index (χ3n) is 4.11. The van der Waals surface area contributed by atoms with E-state index in [9.17, 15) is 0 Å². The third kappa shape index (κ3) is 4.57. The molecule has 0 atom stereocenters. The van der Waals surface area contributed by atoms with Crippen LogP contribution in [0.4, 0.5) is 0 Å². The van der Waals surface area contributed by atoms with Crippen LogP contribution in [-0.4, -0.2) is 11.5 Å². The first kappa shape index (κ1) is 15.0. The van der Waals surface area contributed by atoms with Crippen molar-refractivity contribution in [1.29, 1.82) is 0 Å². The fourth-order valence-corrected chi connectivity index (χ4v) is 3.78.